The Labute approximate surface area is 366 Å². The molecule has 0 spiro atoms. The van der Waals surface area contributed by atoms with Gasteiger partial charge in [-0.05, 0) is 65.8 Å². The second-order valence-electron chi connectivity index (χ2n) is 15.0. The largest absolute Gasteiger partial charge is 0.508 e. The van der Waals surface area contributed by atoms with Crippen molar-refractivity contribution in [2.24, 2.45) is 0 Å². The first-order chi connectivity index (χ1) is 30.7. The SMILES string of the molecule is C[C@H]1OP(=O)(O)O[C@@H]2C[C@@H](COP(=O)(SCc3ccc(OC(=O)c4ccc(O)cc4)cc3)O[C@H]3C[C@H](n4cnc5c(N)ncnc54)O[C@@H]31)O[C@H]2n1cc(-c2ccccc2)c(=O)[nH]c1=O. The topological polar surface area (TPSA) is 281 Å². The minimum Gasteiger partial charge on any atom is -0.508 e. The first-order valence-corrected chi connectivity index (χ1v) is 24.4. The monoisotopic (exact) mass is 935 g/mol. The van der Waals surface area contributed by atoms with E-state index < -0.39 is 81.4 Å². The summed E-state index contributed by atoms with van der Waals surface area (Å²) in [5.41, 5.74) is 6.61. The lowest BCUT2D eigenvalue weighted by Gasteiger charge is -2.30. The molecule has 3 fully saturated rings. The Hall–Kier alpha value is -5.51. The van der Waals surface area contributed by atoms with Crippen molar-refractivity contribution in [3.63, 3.8) is 0 Å². The summed E-state index contributed by atoms with van der Waals surface area (Å²) in [6, 6.07) is 20.6. The van der Waals surface area contributed by atoms with Crippen molar-refractivity contribution in [2.75, 3.05) is 12.3 Å². The molecule has 2 bridgehead atoms. The van der Waals surface area contributed by atoms with Crippen LogP contribution in [0, 0.1) is 0 Å². The molecule has 21 nitrogen and oxygen atoms in total. The van der Waals surface area contributed by atoms with Crippen molar-refractivity contribution in [1.82, 2.24) is 29.1 Å². The third-order valence-electron chi connectivity index (χ3n) is 10.6. The van der Waals surface area contributed by atoms with Gasteiger partial charge in [0.05, 0.1) is 36.3 Å². The van der Waals surface area contributed by atoms with E-state index in [1.54, 1.807) is 59.2 Å². The van der Waals surface area contributed by atoms with E-state index in [1.807, 2.05) is 0 Å². The second-order valence-corrected chi connectivity index (χ2v) is 20.4. The number of nitrogens with one attached hydrogen (secondary N) is 1. The Kier molecular flexibility index (Phi) is 12.2. The fourth-order valence-electron chi connectivity index (χ4n) is 7.57. The van der Waals surface area contributed by atoms with Gasteiger partial charge in [-0.1, -0.05) is 42.5 Å². The number of carbonyl (C=O) groups is 1. The summed E-state index contributed by atoms with van der Waals surface area (Å²) in [6.45, 7) is -3.20. The maximum atomic E-state index is 15.1. The van der Waals surface area contributed by atoms with Gasteiger partial charge in [-0.15, -0.1) is 0 Å². The quantitative estimate of drug-likeness (QED) is 0.0836. The summed E-state index contributed by atoms with van der Waals surface area (Å²) >= 11 is 0.848. The molecule has 3 aliphatic heterocycles. The molecular weight excluding hydrogens is 896 g/mol. The number of H-pyrrole nitrogens is 1. The lowest BCUT2D eigenvalue weighted by Crippen LogP contribution is -2.37. The van der Waals surface area contributed by atoms with Crippen LogP contribution in [0.2, 0.25) is 0 Å². The first kappa shape index (κ1) is 43.7. The molecule has 6 aromatic rings. The summed E-state index contributed by atoms with van der Waals surface area (Å²) in [5.74, 6) is -0.195. The number of imidazole rings is 1. The number of nitrogens with zero attached hydrogens (tertiary/aromatic N) is 5. The van der Waals surface area contributed by atoms with Crippen LogP contribution >= 0.6 is 26.0 Å². The number of benzene rings is 3. The van der Waals surface area contributed by atoms with Crippen LogP contribution in [0.4, 0.5) is 5.82 Å². The number of aromatic nitrogens is 6. The highest BCUT2D eigenvalue weighted by molar-refractivity contribution is 8.54. The van der Waals surface area contributed by atoms with E-state index in [0.717, 1.165) is 15.9 Å². The van der Waals surface area contributed by atoms with Crippen molar-refractivity contribution < 1.29 is 56.2 Å². The molecule has 0 radical (unpaired) electrons. The zero-order valence-electron chi connectivity index (χ0n) is 33.5. The lowest BCUT2D eigenvalue weighted by molar-refractivity contribution is -0.0839. The Bertz CT molecular complexity index is 2900. The van der Waals surface area contributed by atoms with Gasteiger partial charge in [-0.2, -0.15) is 0 Å². The van der Waals surface area contributed by atoms with Gasteiger partial charge in [0.1, 0.15) is 47.9 Å². The molecule has 334 valence electrons. The number of fused-ring (bicyclic) bond motifs is 4. The predicted molar refractivity (Wildman–Crippen MR) is 228 cm³/mol. The first-order valence-electron chi connectivity index (χ1n) is 19.7. The molecule has 9 atom stereocenters. The molecule has 3 aromatic heterocycles. The standard InChI is InChI=1S/C40H39N7O14P2S/c1-22-34-30(16-32(58-34)47-21-44-33-35(41)42-20-43-36(33)47)61-63(54,64-19-23-7-13-27(14-8-23)57-39(50)25-9-11-26(48)12-10-25)55-18-28-15-31(60-62(52,53)59-22)38(56-28)46-17-29(37(49)45-40(46)51)24-5-3-2-4-6-24/h2-14,17,20-22,28,30-32,34,38,48H,15-16,18-19H2,1H3,(H,52,53)(H2,41,42,43)(H,45,49,51)/t22-,28+,30+,31-,32-,34-,38-,63?/m1/s1. The molecule has 6 heterocycles. The number of phosphoric ester groups is 1. The average Bonchev–Trinajstić information content (AvgIpc) is 4.00. The number of carbonyl (C=O) groups excluding carboxylic acids is 1. The number of hydrogen-bond donors (Lipinski definition) is 4. The van der Waals surface area contributed by atoms with Crippen LogP contribution in [0.25, 0.3) is 22.3 Å². The lowest BCUT2D eigenvalue weighted by atomic mass is 10.1. The van der Waals surface area contributed by atoms with E-state index in [0.29, 0.717) is 22.3 Å². The van der Waals surface area contributed by atoms with Crippen molar-refractivity contribution in [1.29, 1.82) is 0 Å². The summed E-state index contributed by atoms with van der Waals surface area (Å²) in [6.07, 6.45) is -4.23. The van der Waals surface area contributed by atoms with Gasteiger partial charge in [-0.3, -0.25) is 37.0 Å². The summed E-state index contributed by atoms with van der Waals surface area (Å²) in [7, 11) is -5.02. The van der Waals surface area contributed by atoms with Crippen molar-refractivity contribution in [3.05, 3.63) is 130 Å². The minimum atomic E-state index is -5.02. The number of aromatic hydroxyl groups is 1. The van der Waals surface area contributed by atoms with E-state index in [-0.39, 0.29) is 47.0 Å². The zero-order valence-corrected chi connectivity index (χ0v) is 36.1. The van der Waals surface area contributed by atoms with Gasteiger partial charge in [-0.25, -0.2) is 33.7 Å². The molecule has 3 aliphatic rings. The highest BCUT2D eigenvalue weighted by Gasteiger charge is 2.50. The number of anilines is 1. The predicted octanol–water partition coefficient (Wildman–Crippen LogP) is 5.47. The highest BCUT2D eigenvalue weighted by Crippen LogP contribution is 2.65. The molecule has 9 rings (SSSR count). The fourth-order valence-corrected chi connectivity index (χ4v) is 12.1. The number of ether oxygens (including phenoxy) is 3. The number of nitrogen functional groups attached to an aromatic ring is 1. The molecule has 24 heteroatoms. The Balaban J connectivity index is 1.01. The van der Waals surface area contributed by atoms with Crippen LogP contribution in [0.15, 0.2) is 107 Å². The summed E-state index contributed by atoms with van der Waals surface area (Å²) in [5, 5.41) is 9.55. The zero-order chi connectivity index (χ0) is 44.8. The van der Waals surface area contributed by atoms with Crippen LogP contribution in [-0.4, -0.2) is 82.2 Å². The number of nitrogens with two attached hydrogens (primary N) is 1. The van der Waals surface area contributed by atoms with E-state index in [1.165, 1.54) is 50.0 Å². The van der Waals surface area contributed by atoms with Gasteiger partial charge in [0.15, 0.2) is 17.7 Å². The number of phosphoric acid groups is 1. The van der Waals surface area contributed by atoms with Gasteiger partial charge in [0, 0.05) is 24.8 Å². The van der Waals surface area contributed by atoms with E-state index >= 15 is 4.57 Å². The smallest absolute Gasteiger partial charge is 0.472 e. The van der Waals surface area contributed by atoms with Crippen LogP contribution in [0.5, 0.6) is 11.5 Å². The molecule has 2 unspecified atom stereocenters. The molecule has 5 N–H and O–H groups in total. The molecule has 0 aliphatic carbocycles. The normalized spacial score (nSPS) is 28.4. The molecule has 0 saturated carbocycles. The molecule has 3 saturated heterocycles. The van der Waals surface area contributed by atoms with Gasteiger partial charge >= 0.3 is 26.3 Å². The van der Waals surface area contributed by atoms with Gasteiger partial charge < -0.3 is 29.9 Å². The van der Waals surface area contributed by atoms with E-state index in [9.17, 15) is 28.9 Å². The number of aromatic amines is 1. The number of hydrogen-bond acceptors (Lipinski definition) is 18. The van der Waals surface area contributed by atoms with Crippen molar-refractivity contribution in [3.8, 4) is 22.6 Å². The van der Waals surface area contributed by atoms with Crippen LogP contribution in [0.3, 0.4) is 0 Å². The van der Waals surface area contributed by atoms with Gasteiger partial charge in [0.25, 0.3) is 5.56 Å². The maximum Gasteiger partial charge on any atom is 0.472 e. The number of rotatable bonds is 8. The Morgan fingerprint density at radius 1 is 0.938 bits per heavy atom. The molecule has 64 heavy (non-hydrogen) atoms. The van der Waals surface area contributed by atoms with Gasteiger partial charge in [0.2, 0.25) is 0 Å². The molecule has 0 amide bonds. The van der Waals surface area contributed by atoms with E-state index in [2.05, 4.69) is 19.9 Å². The summed E-state index contributed by atoms with van der Waals surface area (Å²) < 4.78 is 73.7. The average molecular weight is 936 g/mol. The number of esters is 1. The number of phenols is 1. The highest BCUT2D eigenvalue weighted by atomic mass is 32.7. The molecule has 3 aromatic carbocycles. The molecular formula is C40H39N7O14P2S. The maximum absolute atomic E-state index is 15.1. The third-order valence-corrected chi connectivity index (χ3v) is 15.4. The van der Waals surface area contributed by atoms with Crippen LogP contribution in [0.1, 0.15) is 48.1 Å². The van der Waals surface area contributed by atoms with Crippen LogP contribution < -0.4 is 21.7 Å². The van der Waals surface area contributed by atoms with E-state index in [4.69, 9.17) is 38.0 Å². The second kappa shape index (κ2) is 17.8. The van der Waals surface area contributed by atoms with Crippen molar-refractivity contribution >= 4 is 49.0 Å². The minimum absolute atomic E-state index is 0.00273. The van der Waals surface area contributed by atoms with Crippen molar-refractivity contribution in [2.45, 2.75) is 68.5 Å². The summed E-state index contributed by atoms with van der Waals surface area (Å²) in [4.78, 5) is 65.1. The Morgan fingerprint density at radius 3 is 2.47 bits per heavy atom. The fraction of sp³-hybridized carbons (Fsp3) is 0.300. The third kappa shape index (κ3) is 9.34. The van der Waals surface area contributed by atoms with Crippen LogP contribution in [-0.2, 0) is 42.5 Å². The Morgan fingerprint density at radius 2 is 1.70 bits per heavy atom. The number of phenolic OH excluding ortho intramolecular Hbond substituents is 1.